The summed E-state index contributed by atoms with van der Waals surface area (Å²) in [5.74, 6) is -0.271. The van der Waals surface area contributed by atoms with Crippen LogP contribution in [0, 0.1) is 5.82 Å². The van der Waals surface area contributed by atoms with Crippen LogP contribution in [0.1, 0.15) is 0 Å². The first-order valence-corrected chi connectivity index (χ1v) is 5.62. The highest BCUT2D eigenvalue weighted by Crippen LogP contribution is 2.25. The Hall–Kier alpha value is -2.42. The fourth-order valence-corrected chi connectivity index (χ4v) is 2.08. The van der Waals surface area contributed by atoms with E-state index in [1.807, 2.05) is 18.2 Å². The lowest BCUT2D eigenvalue weighted by atomic mass is 10.0. The molecular weight excluding hydrogens is 229 g/mol. The predicted molar refractivity (Wildman–Crippen MR) is 70.0 cm³/mol. The Morgan fingerprint density at radius 3 is 2.28 bits per heavy atom. The lowest BCUT2D eigenvalue weighted by Crippen LogP contribution is -2.05. The third-order valence-corrected chi connectivity index (χ3v) is 2.96. The molecule has 0 aliphatic heterocycles. The highest BCUT2D eigenvalue weighted by molar-refractivity contribution is 5.95. The topological polar surface area (TPSA) is 32.9 Å². The first-order chi connectivity index (χ1) is 8.75. The van der Waals surface area contributed by atoms with Crippen LogP contribution in [0.15, 0.2) is 59.5 Å². The highest BCUT2D eigenvalue weighted by atomic mass is 19.1. The molecular formula is C15H10FNO. The molecule has 88 valence electrons. The summed E-state index contributed by atoms with van der Waals surface area (Å²) in [5, 5.41) is 1.51. The van der Waals surface area contributed by atoms with Crippen molar-refractivity contribution in [3.63, 3.8) is 0 Å². The first-order valence-electron chi connectivity index (χ1n) is 5.62. The summed E-state index contributed by atoms with van der Waals surface area (Å²) in [6.45, 7) is 0. The maximum absolute atomic E-state index is 12.9. The molecule has 0 bridgehead atoms. The Balaban J connectivity index is 2.33. The van der Waals surface area contributed by atoms with Gasteiger partial charge in [-0.15, -0.1) is 0 Å². The normalized spacial score (nSPS) is 10.7. The van der Waals surface area contributed by atoms with Crippen LogP contribution in [-0.4, -0.2) is 4.98 Å². The molecule has 18 heavy (non-hydrogen) atoms. The van der Waals surface area contributed by atoms with Crippen molar-refractivity contribution < 1.29 is 4.39 Å². The van der Waals surface area contributed by atoms with Crippen LogP contribution in [-0.2, 0) is 0 Å². The fraction of sp³-hybridized carbons (Fsp3) is 0. The fourth-order valence-electron chi connectivity index (χ4n) is 2.08. The van der Waals surface area contributed by atoms with Crippen LogP contribution in [0.25, 0.3) is 21.9 Å². The van der Waals surface area contributed by atoms with Crippen LogP contribution in [0.4, 0.5) is 4.39 Å². The van der Waals surface area contributed by atoms with Gasteiger partial charge in [0.2, 0.25) is 0 Å². The van der Waals surface area contributed by atoms with Crippen molar-refractivity contribution >= 4 is 10.8 Å². The summed E-state index contributed by atoms with van der Waals surface area (Å²) in [4.78, 5) is 14.4. The number of aromatic nitrogens is 1. The van der Waals surface area contributed by atoms with Gasteiger partial charge in [-0.1, -0.05) is 30.3 Å². The summed E-state index contributed by atoms with van der Waals surface area (Å²) in [7, 11) is 0. The lowest BCUT2D eigenvalue weighted by Gasteiger charge is -2.06. The molecule has 1 N–H and O–H groups in total. The van der Waals surface area contributed by atoms with Gasteiger partial charge in [0.15, 0.2) is 0 Å². The van der Waals surface area contributed by atoms with E-state index in [9.17, 15) is 9.18 Å². The molecule has 0 amide bonds. The van der Waals surface area contributed by atoms with Crippen LogP contribution in [0.2, 0.25) is 0 Å². The minimum atomic E-state index is -0.271. The molecule has 0 atom stereocenters. The van der Waals surface area contributed by atoms with Gasteiger partial charge in [-0.2, -0.15) is 0 Å². The van der Waals surface area contributed by atoms with Crippen LogP contribution >= 0.6 is 0 Å². The van der Waals surface area contributed by atoms with Crippen molar-refractivity contribution in [2.45, 2.75) is 0 Å². The third kappa shape index (κ3) is 1.70. The Morgan fingerprint density at radius 1 is 0.889 bits per heavy atom. The van der Waals surface area contributed by atoms with Gasteiger partial charge in [-0.3, -0.25) is 4.79 Å². The van der Waals surface area contributed by atoms with E-state index in [0.29, 0.717) is 5.39 Å². The van der Waals surface area contributed by atoms with Gasteiger partial charge in [0.1, 0.15) is 5.82 Å². The van der Waals surface area contributed by atoms with Crippen molar-refractivity contribution in [1.29, 1.82) is 0 Å². The Morgan fingerprint density at radius 2 is 1.56 bits per heavy atom. The maximum atomic E-state index is 12.9. The van der Waals surface area contributed by atoms with E-state index in [4.69, 9.17) is 0 Å². The zero-order chi connectivity index (χ0) is 12.5. The average molecular weight is 239 g/mol. The number of benzene rings is 2. The molecule has 0 aliphatic carbocycles. The van der Waals surface area contributed by atoms with Crippen LogP contribution < -0.4 is 5.56 Å². The lowest BCUT2D eigenvalue weighted by molar-refractivity contribution is 0.628. The number of hydrogen-bond acceptors (Lipinski definition) is 1. The summed E-state index contributed by atoms with van der Waals surface area (Å²) in [5.41, 5.74) is 1.66. The number of rotatable bonds is 1. The Bertz CT molecular complexity index is 759. The standard InChI is InChI=1S/C15H10FNO/c16-11-7-5-10(6-8-11)14-9-17-15(18)13-4-2-1-3-12(13)14/h1-9H,(H,17,18). The molecule has 0 radical (unpaired) electrons. The van der Waals surface area contributed by atoms with E-state index in [1.165, 1.54) is 12.1 Å². The van der Waals surface area contributed by atoms with Crippen molar-refractivity contribution in [3.05, 3.63) is 70.9 Å². The minimum absolute atomic E-state index is 0.114. The van der Waals surface area contributed by atoms with E-state index in [2.05, 4.69) is 4.98 Å². The molecule has 3 aromatic rings. The summed E-state index contributed by atoms with van der Waals surface area (Å²) in [6, 6.07) is 13.6. The number of hydrogen-bond donors (Lipinski definition) is 1. The number of aromatic amines is 1. The Labute approximate surface area is 103 Å². The largest absolute Gasteiger partial charge is 0.328 e. The van der Waals surface area contributed by atoms with Crippen LogP contribution in [0.3, 0.4) is 0 Å². The molecule has 0 fully saturated rings. The number of nitrogens with one attached hydrogen (secondary N) is 1. The molecule has 3 rings (SSSR count). The highest BCUT2D eigenvalue weighted by Gasteiger charge is 2.06. The molecule has 1 heterocycles. The second-order valence-corrected chi connectivity index (χ2v) is 4.08. The summed E-state index contributed by atoms with van der Waals surface area (Å²) < 4.78 is 12.9. The van der Waals surface area contributed by atoms with Gasteiger partial charge in [-0.05, 0) is 29.1 Å². The molecule has 2 aromatic carbocycles. The summed E-state index contributed by atoms with van der Waals surface area (Å²) >= 11 is 0. The van der Waals surface area contributed by atoms with E-state index >= 15 is 0 Å². The zero-order valence-electron chi connectivity index (χ0n) is 9.48. The molecule has 0 saturated heterocycles. The first kappa shape index (κ1) is 10.7. The molecule has 0 unspecified atom stereocenters. The third-order valence-electron chi connectivity index (χ3n) is 2.96. The molecule has 0 spiro atoms. The van der Waals surface area contributed by atoms with Gasteiger partial charge in [0, 0.05) is 17.1 Å². The van der Waals surface area contributed by atoms with Gasteiger partial charge >= 0.3 is 0 Å². The quantitative estimate of drug-likeness (QED) is 0.694. The van der Waals surface area contributed by atoms with Crippen molar-refractivity contribution in [1.82, 2.24) is 4.98 Å². The van der Waals surface area contributed by atoms with E-state index in [0.717, 1.165) is 16.5 Å². The molecule has 3 heteroatoms. The monoisotopic (exact) mass is 239 g/mol. The smallest absolute Gasteiger partial charge is 0.255 e. The summed E-state index contributed by atoms with van der Waals surface area (Å²) in [6.07, 6.45) is 1.66. The number of H-pyrrole nitrogens is 1. The Kier molecular flexibility index (Phi) is 2.45. The van der Waals surface area contributed by atoms with Gasteiger partial charge in [-0.25, -0.2) is 4.39 Å². The van der Waals surface area contributed by atoms with Crippen molar-refractivity contribution in [2.75, 3.05) is 0 Å². The van der Waals surface area contributed by atoms with Gasteiger partial charge in [0.05, 0.1) is 0 Å². The minimum Gasteiger partial charge on any atom is -0.328 e. The van der Waals surface area contributed by atoms with E-state index in [-0.39, 0.29) is 11.4 Å². The second-order valence-electron chi connectivity index (χ2n) is 4.08. The van der Waals surface area contributed by atoms with Crippen molar-refractivity contribution in [2.24, 2.45) is 0 Å². The van der Waals surface area contributed by atoms with Crippen LogP contribution in [0.5, 0.6) is 0 Å². The van der Waals surface area contributed by atoms with Gasteiger partial charge < -0.3 is 4.98 Å². The maximum Gasteiger partial charge on any atom is 0.255 e. The number of pyridine rings is 1. The average Bonchev–Trinajstić information content (AvgIpc) is 2.41. The predicted octanol–water partition coefficient (Wildman–Crippen LogP) is 3.33. The number of fused-ring (bicyclic) bond motifs is 1. The molecule has 1 aromatic heterocycles. The number of halogens is 1. The van der Waals surface area contributed by atoms with E-state index < -0.39 is 0 Å². The second kappa shape index (κ2) is 4.11. The van der Waals surface area contributed by atoms with Gasteiger partial charge in [0.25, 0.3) is 5.56 Å². The zero-order valence-corrected chi connectivity index (χ0v) is 9.48. The van der Waals surface area contributed by atoms with E-state index in [1.54, 1.807) is 24.4 Å². The molecule has 0 aliphatic rings. The molecule has 0 saturated carbocycles. The van der Waals surface area contributed by atoms with Crippen molar-refractivity contribution in [3.8, 4) is 11.1 Å². The SMILES string of the molecule is O=c1[nH]cc(-c2ccc(F)cc2)c2ccccc12. The molecule has 2 nitrogen and oxygen atoms in total.